The van der Waals surface area contributed by atoms with Gasteiger partial charge in [0, 0.05) is 36.3 Å². The summed E-state index contributed by atoms with van der Waals surface area (Å²) >= 11 is -1.90. The maximum atomic E-state index is 12.5. The van der Waals surface area contributed by atoms with E-state index in [2.05, 4.69) is 24.8 Å². The maximum absolute atomic E-state index is 12.5. The highest BCUT2D eigenvalue weighted by Gasteiger charge is 2.38. The first kappa shape index (κ1) is 24.7. The number of nitrogens with zero attached hydrogens (tertiary/aromatic N) is 4. The predicted molar refractivity (Wildman–Crippen MR) is 136 cm³/mol. The highest BCUT2D eigenvalue weighted by Crippen LogP contribution is 2.41. The smallest absolute Gasteiger partial charge is 0.171 e. The van der Waals surface area contributed by atoms with Crippen molar-refractivity contribution in [3.63, 3.8) is 0 Å². The predicted octanol–water partition coefficient (Wildman–Crippen LogP) is 3.76. The molecule has 2 N–H and O–H groups in total. The van der Waals surface area contributed by atoms with Gasteiger partial charge in [-0.2, -0.15) is 0 Å². The van der Waals surface area contributed by atoms with Crippen molar-refractivity contribution in [2.75, 3.05) is 33.4 Å². The van der Waals surface area contributed by atoms with Crippen LogP contribution in [-0.4, -0.2) is 78.5 Å². The molecule has 2 fully saturated rings. The Bertz CT molecular complexity index is 1180. The second kappa shape index (κ2) is 11.0. The van der Waals surface area contributed by atoms with Gasteiger partial charge in [0.15, 0.2) is 16.7 Å². The summed E-state index contributed by atoms with van der Waals surface area (Å²) < 4.78 is 33.9. The first-order chi connectivity index (χ1) is 17.0. The molecule has 3 aromatic rings. The molecule has 4 heterocycles. The topological polar surface area (TPSA) is 113 Å². The van der Waals surface area contributed by atoms with E-state index in [0.29, 0.717) is 25.7 Å². The first-order valence-corrected chi connectivity index (χ1v) is 13.8. The van der Waals surface area contributed by atoms with Crippen molar-refractivity contribution >= 4 is 33.0 Å². The molecule has 3 aromatic heterocycles. The Morgan fingerprint density at radius 2 is 2.06 bits per heavy atom. The van der Waals surface area contributed by atoms with Gasteiger partial charge in [-0.15, -0.1) is 0 Å². The molecule has 0 aromatic carbocycles. The van der Waals surface area contributed by atoms with Crippen LogP contribution in [0.2, 0.25) is 0 Å². The van der Waals surface area contributed by atoms with E-state index in [0.717, 1.165) is 72.8 Å². The van der Waals surface area contributed by atoms with Crippen LogP contribution in [0.15, 0.2) is 18.5 Å². The summed E-state index contributed by atoms with van der Waals surface area (Å²) in [6.07, 6.45) is 9.43. The number of ether oxygens (including phenoxy) is 2. The van der Waals surface area contributed by atoms with Crippen LogP contribution >= 0.6 is 0 Å². The maximum Gasteiger partial charge on any atom is 0.171 e. The Balaban J connectivity index is 1.32. The van der Waals surface area contributed by atoms with Crippen molar-refractivity contribution in [2.45, 2.75) is 62.8 Å². The number of aromatic amines is 1. The molecule has 0 radical (unpaired) electrons. The van der Waals surface area contributed by atoms with Crippen molar-refractivity contribution in [2.24, 2.45) is 5.92 Å². The fraction of sp³-hybridized carbons (Fsp3) is 0.640. The fourth-order valence-corrected chi connectivity index (χ4v) is 7.05. The lowest BCUT2D eigenvalue weighted by molar-refractivity contribution is -0.0290. The van der Waals surface area contributed by atoms with Crippen LogP contribution in [0.1, 0.15) is 56.0 Å². The van der Waals surface area contributed by atoms with Gasteiger partial charge < -0.3 is 19.0 Å². The molecule has 1 saturated heterocycles. The van der Waals surface area contributed by atoms with Crippen molar-refractivity contribution < 1.29 is 18.2 Å². The molecule has 9 nitrogen and oxygen atoms in total. The van der Waals surface area contributed by atoms with E-state index < -0.39 is 11.1 Å². The number of likely N-dealkylation sites (tertiary alicyclic amines) is 1. The van der Waals surface area contributed by atoms with Crippen LogP contribution in [0.25, 0.3) is 21.9 Å². The lowest BCUT2D eigenvalue weighted by Crippen LogP contribution is -2.51. The lowest BCUT2D eigenvalue weighted by Gasteiger charge is -2.41. The summed E-state index contributed by atoms with van der Waals surface area (Å²) in [5.41, 5.74) is 2.83. The van der Waals surface area contributed by atoms with E-state index in [1.54, 1.807) is 13.3 Å². The van der Waals surface area contributed by atoms with Gasteiger partial charge >= 0.3 is 0 Å². The largest absolute Gasteiger partial charge is 0.382 e. The zero-order valence-electron chi connectivity index (χ0n) is 20.5. The van der Waals surface area contributed by atoms with E-state index in [1.165, 1.54) is 5.69 Å². The molecule has 2 aliphatic rings. The monoisotopic (exact) mass is 501 g/mol. The third-order valence-electron chi connectivity index (χ3n) is 7.59. The zero-order valence-corrected chi connectivity index (χ0v) is 21.3. The molecular weight excluding hydrogens is 466 g/mol. The number of nitrogens with one attached hydrogen (secondary N) is 1. The molecule has 1 saturated carbocycles. The van der Waals surface area contributed by atoms with Crippen LogP contribution in [0, 0.1) is 12.8 Å². The van der Waals surface area contributed by atoms with Crippen LogP contribution in [0.3, 0.4) is 0 Å². The van der Waals surface area contributed by atoms with Crippen molar-refractivity contribution in [3.8, 4) is 0 Å². The zero-order chi connectivity index (χ0) is 24.4. The summed E-state index contributed by atoms with van der Waals surface area (Å²) in [5, 5.41) is 1.79. The summed E-state index contributed by atoms with van der Waals surface area (Å²) in [7, 11) is 1.67. The van der Waals surface area contributed by atoms with Gasteiger partial charge in [0.05, 0.1) is 31.0 Å². The summed E-state index contributed by atoms with van der Waals surface area (Å²) in [4.78, 5) is 19.3. The summed E-state index contributed by atoms with van der Waals surface area (Å²) in [5.74, 6) is 1.40. The minimum atomic E-state index is -1.90. The van der Waals surface area contributed by atoms with E-state index in [-0.39, 0.29) is 17.4 Å². The highest BCUT2D eigenvalue weighted by molar-refractivity contribution is 7.79. The second-order valence-corrected chi connectivity index (χ2v) is 10.9. The fourth-order valence-electron chi connectivity index (χ4n) is 6.00. The Labute approximate surface area is 208 Å². The first-order valence-electron chi connectivity index (χ1n) is 12.6. The Morgan fingerprint density at radius 1 is 1.23 bits per heavy atom. The van der Waals surface area contributed by atoms with Gasteiger partial charge in [-0.1, -0.05) is 0 Å². The van der Waals surface area contributed by atoms with Crippen LogP contribution in [0.5, 0.6) is 0 Å². The van der Waals surface area contributed by atoms with Gasteiger partial charge in [-0.05, 0) is 69.9 Å². The third kappa shape index (κ3) is 5.27. The van der Waals surface area contributed by atoms with Gasteiger partial charge in [-0.3, -0.25) is 4.90 Å². The van der Waals surface area contributed by atoms with Gasteiger partial charge in [0.1, 0.15) is 11.2 Å². The van der Waals surface area contributed by atoms with E-state index in [9.17, 15) is 8.76 Å². The SMILES string of the molecule is COCCOC1CCCN(C(C2CCC(c3[nH]c(C)nc4cnc5nccc5c34)CC2)S(=O)O)C1. The van der Waals surface area contributed by atoms with Crippen molar-refractivity contribution in [1.82, 2.24) is 24.8 Å². The average molecular weight is 502 g/mol. The average Bonchev–Trinajstić information content (AvgIpc) is 3.33. The van der Waals surface area contributed by atoms with Crippen LogP contribution in [-0.2, 0) is 20.6 Å². The lowest BCUT2D eigenvalue weighted by atomic mass is 9.79. The van der Waals surface area contributed by atoms with Crippen molar-refractivity contribution in [1.29, 1.82) is 0 Å². The van der Waals surface area contributed by atoms with Crippen molar-refractivity contribution in [3.05, 3.63) is 30.0 Å². The van der Waals surface area contributed by atoms with E-state index >= 15 is 0 Å². The second-order valence-electron chi connectivity index (χ2n) is 9.84. The molecule has 3 unspecified atom stereocenters. The van der Waals surface area contributed by atoms with Gasteiger partial charge in [0.25, 0.3) is 0 Å². The minimum Gasteiger partial charge on any atom is -0.382 e. The summed E-state index contributed by atoms with van der Waals surface area (Å²) in [6.45, 7) is 4.66. The number of piperidine rings is 1. The number of rotatable bonds is 8. The molecular formula is C25H35N5O4S. The Morgan fingerprint density at radius 3 is 2.83 bits per heavy atom. The Kier molecular flexibility index (Phi) is 7.74. The molecule has 0 bridgehead atoms. The number of hydrogen-bond donors (Lipinski definition) is 2. The summed E-state index contributed by atoms with van der Waals surface area (Å²) in [6, 6.07) is 2.01. The molecule has 10 heteroatoms. The molecule has 35 heavy (non-hydrogen) atoms. The number of aryl methyl sites for hydroxylation is 1. The third-order valence-corrected chi connectivity index (χ3v) is 8.68. The molecule has 1 aliphatic carbocycles. The van der Waals surface area contributed by atoms with Gasteiger partial charge in [-0.25, -0.2) is 19.2 Å². The standard InChI is InChI=1S/C25H35N5O4S/c1-16-28-21-14-27-24-20(9-10-26-24)22(21)23(29-16)17-5-7-18(8-6-17)25(35(31)32)30-11-3-4-19(15-30)34-13-12-33-2/h9-10,14,17-19,25H,3-8,11-13,15H2,1-2H3,(H,28,29)(H,31,32). The molecule has 1 aliphatic heterocycles. The number of pyridine rings is 1. The molecule has 0 amide bonds. The molecule has 3 atom stereocenters. The van der Waals surface area contributed by atoms with E-state index in [1.807, 2.05) is 19.2 Å². The molecule has 190 valence electrons. The van der Waals surface area contributed by atoms with Gasteiger partial charge in [0.2, 0.25) is 0 Å². The van der Waals surface area contributed by atoms with Crippen LogP contribution < -0.4 is 0 Å². The minimum absolute atomic E-state index is 0.0937. The number of H-pyrrole nitrogens is 1. The normalized spacial score (nSPS) is 25.7. The van der Waals surface area contributed by atoms with Crippen LogP contribution in [0.4, 0.5) is 0 Å². The molecule has 0 spiro atoms. The number of methoxy groups -OCH3 is 1. The quantitative estimate of drug-likeness (QED) is 0.354. The number of aromatic nitrogens is 4. The Hall–Kier alpha value is -1.98. The number of fused-ring (bicyclic) bond motifs is 3. The highest BCUT2D eigenvalue weighted by atomic mass is 32.2. The van der Waals surface area contributed by atoms with E-state index in [4.69, 9.17) is 9.47 Å². The number of hydrogen-bond acceptors (Lipinski definition) is 7. The molecule has 5 rings (SSSR count).